The molecule has 0 rings (SSSR count). The molecule has 0 aromatic heterocycles. The Kier molecular flexibility index (Phi) is 5.73. The van der Waals surface area contributed by atoms with Gasteiger partial charge >= 0.3 is 0 Å². The SMILES string of the molecule is OCCC(F)(F)CC(F)(F)CC(F)(F)CCO. The van der Waals surface area contributed by atoms with Crippen LogP contribution in [0, 0.1) is 0 Å². The van der Waals surface area contributed by atoms with Crippen LogP contribution in [0.2, 0.25) is 0 Å². The second kappa shape index (κ2) is 5.90. The molecule has 0 radical (unpaired) electrons. The molecule has 17 heavy (non-hydrogen) atoms. The normalized spacial score (nSPS) is 14.1. The first kappa shape index (κ1) is 16.5. The maximum absolute atomic E-state index is 12.9. The third-order valence-corrected chi connectivity index (χ3v) is 1.99. The summed E-state index contributed by atoms with van der Waals surface area (Å²) in [6.45, 7) is -2.01. The van der Waals surface area contributed by atoms with E-state index in [0.717, 1.165) is 0 Å². The van der Waals surface area contributed by atoms with Crippen molar-refractivity contribution in [2.75, 3.05) is 13.2 Å². The summed E-state index contributed by atoms with van der Waals surface area (Å²) in [6.07, 6.45) is -6.48. The van der Waals surface area contributed by atoms with E-state index in [9.17, 15) is 26.3 Å². The molecular formula is C9H14F6O2. The molecule has 0 spiro atoms. The second-order valence-corrected chi connectivity index (χ2v) is 3.87. The van der Waals surface area contributed by atoms with E-state index < -0.39 is 56.7 Å². The van der Waals surface area contributed by atoms with Gasteiger partial charge in [-0.2, -0.15) is 0 Å². The summed E-state index contributed by atoms with van der Waals surface area (Å²) in [4.78, 5) is 0. The fourth-order valence-electron chi connectivity index (χ4n) is 1.32. The summed E-state index contributed by atoms with van der Waals surface area (Å²) in [5.74, 6) is -12.0. The van der Waals surface area contributed by atoms with Gasteiger partial charge in [0.15, 0.2) is 0 Å². The molecule has 0 saturated carbocycles. The number of aliphatic hydroxyl groups excluding tert-OH is 2. The van der Waals surface area contributed by atoms with Gasteiger partial charge in [0.2, 0.25) is 0 Å². The molecule has 8 heteroatoms. The minimum atomic E-state index is -4.25. The van der Waals surface area contributed by atoms with Crippen molar-refractivity contribution in [2.24, 2.45) is 0 Å². The Morgan fingerprint density at radius 1 is 0.588 bits per heavy atom. The molecule has 0 amide bonds. The van der Waals surface area contributed by atoms with Crippen LogP contribution in [-0.4, -0.2) is 41.2 Å². The maximum Gasteiger partial charge on any atom is 0.259 e. The zero-order valence-electron chi connectivity index (χ0n) is 8.90. The van der Waals surface area contributed by atoms with Gasteiger partial charge in [0, 0.05) is 26.1 Å². The number of rotatable bonds is 8. The lowest BCUT2D eigenvalue weighted by Crippen LogP contribution is -2.36. The van der Waals surface area contributed by atoms with Crippen molar-refractivity contribution in [1.29, 1.82) is 0 Å². The van der Waals surface area contributed by atoms with E-state index in [0.29, 0.717) is 0 Å². The van der Waals surface area contributed by atoms with Gasteiger partial charge < -0.3 is 10.2 Å². The standard InChI is InChI=1S/C9H14F6O2/c10-7(11,1-3-16)5-9(14,15)6-8(12,13)2-4-17/h16-17H,1-6H2. The monoisotopic (exact) mass is 268 g/mol. The van der Waals surface area contributed by atoms with Gasteiger partial charge in [0.05, 0.1) is 12.8 Å². The first-order valence-corrected chi connectivity index (χ1v) is 4.89. The largest absolute Gasteiger partial charge is 0.396 e. The van der Waals surface area contributed by atoms with Crippen LogP contribution in [0.25, 0.3) is 0 Å². The number of halogens is 6. The molecule has 0 heterocycles. The van der Waals surface area contributed by atoms with E-state index >= 15 is 0 Å². The molecule has 2 nitrogen and oxygen atoms in total. The number of hydrogen-bond acceptors (Lipinski definition) is 2. The van der Waals surface area contributed by atoms with Crippen molar-refractivity contribution in [3.63, 3.8) is 0 Å². The van der Waals surface area contributed by atoms with Gasteiger partial charge in [-0.3, -0.25) is 0 Å². The lowest BCUT2D eigenvalue weighted by Gasteiger charge is -2.26. The zero-order chi connectivity index (χ0) is 13.7. The van der Waals surface area contributed by atoms with Gasteiger partial charge in [-0.1, -0.05) is 0 Å². The highest BCUT2D eigenvalue weighted by molar-refractivity contribution is 4.83. The first-order valence-electron chi connectivity index (χ1n) is 4.89. The molecule has 0 aliphatic carbocycles. The summed E-state index contributed by atoms with van der Waals surface area (Å²) in [5.41, 5.74) is 0. The molecule has 0 aromatic carbocycles. The molecule has 0 atom stereocenters. The number of hydrogen-bond donors (Lipinski definition) is 2. The molecular weight excluding hydrogens is 254 g/mol. The minimum Gasteiger partial charge on any atom is -0.396 e. The average molecular weight is 268 g/mol. The van der Waals surface area contributed by atoms with Gasteiger partial charge in [0.1, 0.15) is 0 Å². The second-order valence-electron chi connectivity index (χ2n) is 3.87. The summed E-state index contributed by atoms with van der Waals surface area (Å²) in [5, 5.41) is 16.4. The predicted molar refractivity (Wildman–Crippen MR) is 47.5 cm³/mol. The lowest BCUT2D eigenvalue weighted by atomic mass is 10.00. The third kappa shape index (κ3) is 7.43. The Morgan fingerprint density at radius 2 is 0.882 bits per heavy atom. The number of aliphatic hydroxyl groups is 2. The van der Waals surface area contributed by atoms with E-state index in [1.165, 1.54) is 0 Å². The Balaban J connectivity index is 4.47. The van der Waals surface area contributed by atoms with Crippen LogP contribution in [-0.2, 0) is 0 Å². The van der Waals surface area contributed by atoms with E-state index in [-0.39, 0.29) is 0 Å². The van der Waals surface area contributed by atoms with Crippen LogP contribution in [0.1, 0.15) is 25.7 Å². The summed E-state index contributed by atoms with van der Waals surface area (Å²) in [7, 11) is 0. The minimum absolute atomic E-state index is 1.00. The van der Waals surface area contributed by atoms with Crippen molar-refractivity contribution < 1.29 is 36.6 Å². The van der Waals surface area contributed by atoms with Crippen LogP contribution in [0.3, 0.4) is 0 Å². The van der Waals surface area contributed by atoms with E-state index in [2.05, 4.69) is 0 Å². The van der Waals surface area contributed by atoms with Crippen LogP contribution in [0.4, 0.5) is 26.3 Å². The van der Waals surface area contributed by atoms with Crippen molar-refractivity contribution in [3.05, 3.63) is 0 Å². The lowest BCUT2D eigenvalue weighted by molar-refractivity contribution is -0.163. The van der Waals surface area contributed by atoms with Crippen LogP contribution in [0.5, 0.6) is 0 Å². The van der Waals surface area contributed by atoms with Crippen LogP contribution >= 0.6 is 0 Å². The Labute approximate surface area is 94.2 Å². The highest BCUT2D eigenvalue weighted by Crippen LogP contribution is 2.40. The maximum atomic E-state index is 12.9. The van der Waals surface area contributed by atoms with Crippen molar-refractivity contribution in [2.45, 2.75) is 43.5 Å². The predicted octanol–water partition coefficient (Wildman–Crippen LogP) is 2.44. The molecule has 0 aliphatic rings. The van der Waals surface area contributed by atoms with Crippen LogP contribution < -0.4 is 0 Å². The fraction of sp³-hybridized carbons (Fsp3) is 1.00. The molecule has 0 unspecified atom stereocenters. The molecule has 0 fully saturated rings. The van der Waals surface area contributed by atoms with Crippen molar-refractivity contribution in [3.8, 4) is 0 Å². The molecule has 0 bridgehead atoms. The number of alkyl halides is 6. The molecule has 104 valence electrons. The van der Waals surface area contributed by atoms with E-state index in [1.54, 1.807) is 0 Å². The smallest absolute Gasteiger partial charge is 0.259 e. The van der Waals surface area contributed by atoms with Crippen molar-refractivity contribution in [1.82, 2.24) is 0 Å². The Bertz CT molecular complexity index is 210. The third-order valence-electron chi connectivity index (χ3n) is 1.99. The highest BCUT2D eigenvalue weighted by atomic mass is 19.3. The van der Waals surface area contributed by atoms with Gasteiger partial charge in [-0.25, -0.2) is 26.3 Å². The fourth-order valence-corrected chi connectivity index (χ4v) is 1.32. The van der Waals surface area contributed by atoms with E-state index in [4.69, 9.17) is 10.2 Å². The van der Waals surface area contributed by atoms with E-state index in [1.807, 2.05) is 0 Å². The molecule has 0 saturated heterocycles. The van der Waals surface area contributed by atoms with Gasteiger partial charge in [0.25, 0.3) is 17.8 Å². The highest BCUT2D eigenvalue weighted by Gasteiger charge is 2.48. The summed E-state index contributed by atoms with van der Waals surface area (Å²) in [6, 6.07) is 0. The molecule has 0 aliphatic heterocycles. The summed E-state index contributed by atoms with van der Waals surface area (Å²) >= 11 is 0. The Hall–Kier alpha value is -0.500. The first-order chi connectivity index (χ1) is 7.54. The molecule has 2 N–H and O–H groups in total. The quantitative estimate of drug-likeness (QED) is 0.664. The van der Waals surface area contributed by atoms with Crippen LogP contribution in [0.15, 0.2) is 0 Å². The Morgan fingerprint density at radius 3 is 1.12 bits per heavy atom. The summed E-state index contributed by atoms with van der Waals surface area (Å²) < 4.78 is 76.9. The molecule has 0 aromatic rings. The van der Waals surface area contributed by atoms with Gasteiger partial charge in [-0.15, -0.1) is 0 Å². The average Bonchev–Trinajstić information content (AvgIpc) is 1.96. The van der Waals surface area contributed by atoms with Crippen molar-refractivity contribution >= 4 is 0 Å². The topological polar surface area (TPSA) is 40.5 Å². The zero-order valence-corrected chi connectivity index (χ0v) is 8.90. The van der Waals surface area contributed by atoms with Gasteiger partial charge in [-0.05, 0) is 0 Å².